The summed E-state index contributed by atoms with van der Waals surface area (Å²) in [6.45, 7) is 6.14. The highest BCUT2D eigenvalue weighted by Gasteiger charge is 2.31. The maximum absolute atomic E-state index is 13.3. The average molecular weight is 642 g/mol. The minimum atomic E-state index is -1.52. The molecule has 0 saturated heterocycles. The van der Waals surface area contributed by atoms with Gasteiger partial charge in [-0.05, 0) is 48.9 Å². The second kappa shape index (κ2) is 16.3. The van der Waals surface area contributed by atoms with Crippen molar-refractivity contribution in [2.45, 2.75) is 57.6 Å². The zero-order valence-electron chi connectivity index (χ0n) is 25.5. The van der Waals surface area contributed by atoms with E-state index in [1.807, 2.05) is 6.92 Å². The molecule has 2 atom stereocenters. The monoisotopic (exact) mass is 641 g/mol. The van der Waals surface area contributed by atoms with Crippen LogP contribution in [0.3, 0.4) is 0 Å². The highest BCUT2D eigenvalue weighted by atomic mass is 32.2. The van der Waals surface area contributed by atoms with Crippen LogP contribution in [-0.2, 0) is 30.3 Å². The summed E-state index contributed by atoms with van der Waals surface area (Å²) in [6, 6.07) is 5.42. The summed E-state index contributed by atoms with van der Waals surface area (Å²) in [5.41, 5.74) is 1.21. The minimum Gasteiger partial charge on any atom is -0.496 e. The van der Waals surface area contributed by atoms with E-state index >= 15 is 0 Å². The molecule has 0 aliphatic heterocycles. The molecule has 3 N–H and O–H groups in total. The summed E-state index contributed by atoms with van der Waals surface area (Å²) in [5.74, 6) is -2.99. The van der Waals surface area contributed by atoms with Crippen molar-refractivity contribution in [2.75, 3.05) is 19.5 Å². The normalized spacial score (nSPS) is 12.2. The van der Waals surface area contributed by atoms with E-state index in [1.54, 1.807) is 45.0 Å². The Labute approximate surface area is 263 Å². The Bertz CT molecular complexity index is 1540. The van der Waals surface area contributed by atoms with E-state index in [2.05, 4.69) is 25.8 Å². The molecule has 0 fully saturated rings. The third kappa shape index (κ3) is 9.86. The van der Waals surface area contributed by atoms with Gasteiger partial charge in [0.15, 0.2) is 18.2 Å². The molecule has 0 aliphatic rings. The molecule has 14 nitrogen and oxygen atoms in total. The first-order valence-corrected chi connectivity index (χ1v) is 15.0. The first-order valence-electron chi connectivity index (χ1n) is 14.0. The van der Waals surface area contributed by atoms with Crippen LogP contribution < -0.4 is 15.4 Å². The van der Waals surface area contributed by atoms with Crippen molar-refractivity contribution in [1.29, 1.82) is 0 Å². The highest BCUT2D eigenvalue weighted by molar-refractivity contribution is 7.99. The number of carboxylic acid groups (broad SMARTS) is 1. The molecule has 2 amide bonds. The lowest BCUT2D eigenvalue weighted by Crippen LogP contribution is -2.54. The molecule has 3 rings (SSSR count). The number of rotatable bonds is 16. The fraction of sp³-hybridized carbons (Fsp3) is 0.400. The van der Waals surface area contributed by atoms with E-state index in [0.717, 1.165) is 0 Å². The van der Waals surface area contributed by atoms with Crippen LogP contribution >= 0.6 is 11.8 Å². The van der Waals surface area contributed by atoms with Gasteiger partial charge in [0.1, 0.15) is 22.9 Å². The molecule has 240 valence electrons. The Hall–Kier alpha value is -4.79. The van der Waals surface area contributed by atoms with Crippen molar-refractivity contribution < 1.29 is 43.1 Å². The molecule has 0 saturated carbocycles. The number of thioether (sulfide) groups is 1. The first-order chi connectivity index (χ1) is 21.4. The summed E-state index contributed by atoms with van der Waals surface area (Å²) in [4.78, 5) is 71.8. The highest BCUT2D eigenvalue weighted by Crippen LogP contribution is 2.26. The molecule has 45 heavy (non-hydrogen) atoms. The Morgan fingerprint density at radius 3 is 2.49 bits per heavy atom. The topological polar surface area (TPSA) is 200 Å². The number of amides is 2. The zero-order valence-corrected chi connectivity index (χ0v) is 26.3. The molecular formula is C30H35N5O9S. The van der Waals surface area contributed by atoms with Crippen molar-refractivity contribution in [3.63, 3.8) is 0 Å². The minimum absolute atomic E-state index is 0.160. The zero-order chi connectivity index (χ0) is 33.1. The molecule has 2 heterocycles. The number of nitrogens with zero attached hydrogens (tertiary/aromatic N) is 3. The SMILES string of the molecule is CCSc1ncccc1C(=O)OCC(=O)[C@H](CC(=O)O)NC(=O)[C@@H](NC(=O)Cc1cc(-c2nc(C)no2)ccc1OC)C(C)C. The average Bonchev–Trinajstić information content (AvgIpc) is 3.44. The number of pyridine rings is 1. The molecule has 0 radical (unpaired) electrons. The summed E-state index contributed by atoms with van der Waals surface area (Å²) < 4.78 is 15.7. The number of carbonyl (C=O) groups is 5. The predicted molar refractivity (Wildman–Crippen MR) is 162 cm³/mol. The van der Waals surface area contributed by atoms with Crippen LogP contribution in [0.25, 0.3) is 11.5 Å². The van der Waals surface area contributed by atoms with Crippen LogP contribution in [0.4, 0.5) is 0 Å². The molecule has 0 unspecified atom stereocenters. The number of ketones is 1. The number of Topliss-reactive ketones (excluding diaryl/α,β-unsaturated/α-hetero) is 1. The molecule has 0 spiro atoms. The number of aryl methyl sites for hydroxylation is 1. The van der Waals surface area contributed by atoms with Gasteiger partial charge in [-0.1, -0.05) is 25.9 Å². The number of carbonyl (C=O) groups excluding carboxylic acids is 4. The smallest absolute Gasteiger partial charge is 0.341 e. The van der Waals surface area contributed by atoms with Gasteiger partial charge in [0.05, 0.1) is 25.5 Å². The fourth-order valence-electron chi connectivity index (χ4n) is 4.19. The number of aliphatic carboxylic acids is 1. The van der Waals surface area contributed by atoms with Gasteiger partial charge in [-0.2, -0.15) is 4.98 Å². The third-order valence-corrected chi connectivity index (χ3v) is 7.26. The predicted octanol–water partition coefficient (Wildman–Crippen LogP) is 2.63. The van der Waals surface area contributed by atoms with Crippen LogP contribution in [-0.4, -0.2) is 81.3 Å². The number of benzene rings is 1. The van der Waals surface area contributed by atoms with Crippen molar-refractivity contribution >= 4 is 41.3 Å². The molecule has 0 aliphatic carbocycles. The molecule has 2 aromatic heterocycles. The van der Waals surface area contributed by atoms with E-state index in [9.17, 15) is 29.1 Å². The van der Waals surface area contributed by atoms with E-state index in [4.69, 9.17) is 14.0 Å². The van der Waals surface area contributed by atoms with Crippen LogP contribution in [0.1, 0.15) is 48.9 Å². The van der Waals surface area contributed by atoms with Gasteiger partial charge in [0, 0.05) is 17.3 Å². The largest absolute Gasteiger partial charge is 0.496 e. The van der Waals surface area contributed by atoms with Gasteiger partial charge in [-0.3, -0.25) is 19.2 Å². The molecular weight excluding hydrogens is 606 g/mol. The van der Waals surface area contributed by atoms with E-state index in [1.165, 1.54) is 31.1 Å². The van der Waals surface area contributed by atoms with Gasteiger partial charge < -0.3 is 29.7 Å². The Morgan fingerprint density at radius 2 is 1.87 bits per heavy atom. The van der Waals surface area contributed by atoms with Gasteiger partial charge in [0.25, 0.3) is 5.89 Å². The Morgan fingerprint density at radius 1 is 1.11 bits per heavy atom. The van der Waals surface area contributed by atoms with Crippen molar-refractivity contribution in [3.8, 4) is 17.2 Å². The lowest BCUT2D eigenvalue weighted by atomic mass is 10.0. The van der Waals surface area contributed by atoms with Gasteiger partial charge in [-0.25, -0.2) is 9.78 Å². The second-order valence-corrected chi connectivity index (χ2v) is 11.4. The number of ether oxygens (including phenoxy) is 2. The Balaban J connectivity index is 1.69. The number of carboxylic acids is 1. The molecule has 3 aromatic rings. The summed E-state index contributed by atoms with van der Waals surface area (Å²) in [5, 5.41) is 18.7. The van der Waals surface area contributed by atoms with Crippen LogP contribution in [0, 0.1) is 12.8 Å². The van der Waals surface area contributed by atoms with E-state index in [-0.39, 0.29) is 17.9 Å². The van der Waals surface area contributed by atoms with Crippen molar-refractivity contribution in [2.24, 2.45) is 5.92 Å². The number of esters is 1. The number of nitrogens with one attached hydrogen (secondary N) is 2. The van der Waals surface area contributed by atoms with Crippen LogP contribution in [0.15, 0.2) is 46.1 Å². The van der Waals surface area contributed by atoms with Crippen LogP contribution in [0.5, 0.6) is 5.75 Å². The third-order valence-electron chi connectivity index (χ3n) is 6.37. The second-order valence-electron chi connectivity index (χ2n) is 10.1. The summed E-state index contributed by atoms with van der Waals surface area (Å²) in [6.07, 6.45) is 0.581. The standard InChI is InChI=1S/C30H35N5O9S/c1-6-45-29-20(8-7-11-31-29)30(41)43-15-22(36)21(14-25(38)39)33-27(40)26(16(2)3)34-24(37)13-19-12-18(9-10-23(19)42-5)28-32-17(4)35-44-28/h7-12,16,21,26H,6,13-15H2,1-5H3,(H,33,40)(H,34,37)(H,38,39)/t21-,26-/m0/s1. The van der Waals surface area contributed by atoms with Gasteiger partial charge in [0.2, 0.25) is 11.8 Å². The fourth-order valence-corrected chi connectivity index (χ4v) is 4.91. The number of hydrogen-bond acceptors (Lipinski definition) is 12. The lowest BCUT2D eigenvalue weighted by Gasteiger charge is -2.24. The molecule has 1 aromatic carbocycles. The maximum atomic E-state index is 13.3. The van der Waals surface area contributed by atoms with E-state index < -0.39 is 60.6 Å². The van der Waals surface area contributed by atoms with Crippen molar-refractivity contribution in [1.82, 2.24) is 25.8 Å². The van der Waals surface area contributed by atoms with Gasteiger partial charge in [-0.15, -0.1) is 11.8 Å². The van der Waals surface area contributed by atoms with E-state index in [0.29, 0.717) is 33.5 Å². The lowest BCUT2D eigenvalue weighted by molar-refractivity contribution is -0.141. The first kappa shape index (κ1) is 34.7. The number of methoxy groups -OCH3 is 1. The summed E-state index contributed by atoms with van der Waals surface area (Å²) in [7, 11) is 1.45. The summed E-state index contributed by atoms with van der Waals surface area (Å²) >= 11 is 1.32. The quantitative estimate of drug-likeness (QED) is 0.152. The Kier molecular flexibility index (Phi) is 12.6. The number of aromatic nitrogens is 3. The molecule has 15 heteroatoms. The van der Waals surface area contributed by atoms with Crippen molar-refractivity contribution in [3.05, 3.63) is 53.5 Å². The molecule has 0 bridgehead atoms. The maximum Gasteiger partial charge on any atom is 0.341 e. The van der Waals surface area contributed by atoms with Crippen LogP contribution in [0.2, 0.25) is 0 Å². The number of hydrogen-bond donors (Lipinski definition) is 3. The van der Waals surface area contributed by atoms with Gasteiger partial charge >= 0.3 is 11.9 Å².